The van der Waals surface area contributed by atoms with Gasteiger partial charge < -0.3 is 4.90 Å². The highest BCUT2D eigenvalue weighted by Gasteiger charge is 2.38. The lowest BCUT2D eigenvalue weighted by atomic mass is 10.0. The predicted octanol–water partition coefficient (Wildman–Crippen LogP) is 4.75. The molecule has 1 aliphatic carbocycles. The fraction of sp³-hybridized carbons (Fsp3) is 0.476. The van der Waals surface area contributed by atoms with Gasteiger partial charge in [0.15, 0.2) is 5.65 Å². The molecule has 8 heteroatoms. The molecule has 4 heterocycles. The molecule has 0 N–H and O–H groups in total. The van der Waals surface area contributed by atoms with Gasteiger partial charge in [0.25, 0.3) is 0 Å². The molecule has 3 aromatic heterocycles. The van der Waals surface area contributed by atoms with Crippen LogP contribution < -0.4 is 4.90 Å². The summed E-state index contributed by atoms with van der Waals surface area (Å²) in [5, 5.41) is 7.96. The van der Waals surface area contributed by atoms with Crippen LogP contribution in [-0.2, 0) is 12.6 Å². The molecular formula is C21H22F3N5. The van der Waals surface area contributed by atoms with Crippen LogP contribution in [0.15, 0.2) is 30.6 Å². The Labute approximate surface area is 166 Å². The highest BCUT2D eigenvalue weighted by Crippen LogP contribution is 2.40. The van der Waals surface area contributed by atoms with Crippen molar-refractivity contribution in [1.29, 1.82) is 0 Å². The molecule has 1 saturated carbocycles. The van der Waals surface area contributed by atoms with Crippen LogP contribution in [0.5, 0.6) is 0 Å². The molecule has 2 aliphatic rings. The summed E-state index contributed by atoms with van der Waals surface area (Å²) >= 11 is 0. The van der Waals surface area contributed by atoms with Crippen LogP contribution in [-0.4, -0.2) is 32.7 Å². The van der Waals surface area contributed by atoms with E-state index in [1.807, 2.05) is 6.07 Å². The van der Waals surface area contributed by atoms with Gasteiger partial charge >= 0.3 is 6.18 Å². The van der Waals surface area contributed by atoms with E-state index in [4.69, 9.17) is 0 Å². The van der Waals surface area contributed by atoms with Crippen LogP contribution in [0.4, 0.5) is 19.0 Å². The quantitative estimate of drug-likeness (QED) is 0.633. The van der Waals surface area contributed by atoms with E-state index in [0.717, 1.165) is 44.6 Å². The van der Waals surface area contributed by atoms with Crippen LogP contribution >= 0.6 is 0 Å². The minimum Gasteiger partial charge on any atom is -0.357 e. The van der Waals surface area contributed by atoms with E-state index in [-0.39, 0.29) is 11.2 Å². The summed E-state index contributed by atoms with van der Waals surface area (Å²) in [4.78, 5) is 6.63. The standard InChI is InChI=1S/C21H22F3N5/c22-21(23,24)19-16(8-11-29-18(12-14-4-5-14)26-27-20(19)29)15-6-7-17(25-13-15)28-9-2-1-3-10-28/h6-8,11,13-14H,1-5,9-10,12H2. The van der Waals surface area contributed by atoms with E-state index in [9.17, 15) is 13.2 Å². The van der Waals surface area contributed by atoms with Gasteiger partial charge in [-0.1, -0.05) is 0 Å². The number of piperidine rings is 1. The summed E-state index contributed by atoms with van der Waals surface area (Å²) in [6, 6.07) is 5.04. The van der Waals surface area contributed by atoms with Crippen molar-refractivity contribution in [1.82, 2.24) is 19.6 Å². The Hall–Kier alpha value is -2.64. The fourth-order valence-corrected chi connectivity index (χ4v) is 4.10. The molecule has 0 radical (unpaired) electrons. The number of alkyl halides is 3. The molecule has 0 bridgehead atoms. The summed E-state index contributed by atoms with van der Waals surface area (Å²) in [7, 11) is 0. The molecule has 0 amide bonds. The van der Waals surface area contributed by atoms with Gasteiger partial charge in [0.1, 0.15) is 17.2 Å². The minimum absolute atomic E-state index is 0.0908. The lowest BCUT2D eigenvalue weighted by Crippen LogP contribution is -2.29. The van der Waals surface area contributed by atoms with Crippen molar-refractivity contribution in [3.05, 3.63) is 42.0 Å². The zero-order chi connectivity index (χ0) is 20.0. The van der Waals surface area contributed by atoms with Crippen molar-refractivity contribution < 1.29 is 13.2 Å². The molecule has 1 aliphatic heterocycles. The van der Waals surface area contributed by atoms with Crippen molar-refractivity contribution in [2.45, 2.75) is 44.7 Å². The van der Waals surface area contributed by atoms with Gasteiger partial charge in [0.2, 0.25) is 0 Å². The maximum absolute atomic E-state index is 14.0. The van der Waals surface area contributed by atoms with Crippen molar-refractivity contribution in [3.63, 3.8) is 0 Å². The Bertz CT molecular complexity index is 1020. The molecule has 0 spiro atoms. The van der Waals surface area contributed by atoms with Crippen LogP contribution in [0.3, 0.4) is 0 Å². The monoisotopic (exact) mass is 401 g/mol. The van der Waals surface area contributed by atoms with E-state index in [1.165, 1.54) is 23.1 Å². The molecule has 1 saturated heterocycles. The van der Waals surface area contributed by atoms with Gasteiger partial charge in [-0.15, -0.1) is 10.2 Å². The van der Waals surface area contributed by atoms with Crippen LogP contribution in [0, 0.1) is 5.92 Å². The van der Waals surface area contributed by atoms with Gasteiger partial charge in [-0.25, -0.2) is 4.98 Å². The lowest BCUT2D eigenvalue weighted by molar-refractivity contribution is -0.136. The highest BCUT2D eigenvalue weighted by atomic mass is 19.4. The summed E-state index contributed by atoms with van der Waals surface area (Å²) in [5.41, 5.74) is -0.354. The molecule has 29 heavy (non-hydrogen) atoms. The third kappa shape index (κ3) is 3.56. The highest BCUT2D eigenvalue weighted by molar-refractivity contribution is 5.74. The molecule has 0 aromatic carbocycles. The molecule has 2 fully saturated rings. The van der Waals surface area contributed by atoms with Crippen LogP contribution in [0.1, 0.15) is 43.5 Å². The summed E-state index contributed by atoms with van der Waals surface area (Å²) in [5.74, 6) is 1.93. The topological polar surface area (TPSA) is 46.3 Å². The SMILES string of the molecule is FC(F)(F)c1c(-c2ccc(N3CCCCC3)nc2)ccn2c(CC3CC3)nnc12. The Morgan fingerprint density at radius 1 is 1.00 bits per heavy atom. The number of pyridine rings is 2. The molecule has 0 atom stereocenters. The second kappa shape index (κ2) is 7.00. The van der Waals surface area contributed by atoms with E-state index in [0.29, 0.717) is 23.7 Å². The number of nitrogens with zero attached hydrogens (tertiary/aromatic N) is 5. The smallest absolute Gasteiger partial charge is 0.357 e. The maximum Gasteiger partial charge on any atom is 0.420 e. The Morgan fingerprint density at radius 3 is 2.45 bits per heavy atom. The van der Waals surface area contributed by atoms with Crippen molar-refractivity contribution in [2.24, 2.45) is 5.92 Å². The first-order chi connectivity index (χ1) is 14.0. The summed E-state index contributed by atoms with van der Waals surface area (Å²) in [6.07, 6.45) is 4.98. The third-order valence-corrected chi connectivity index (χ3v) is 5.84. The molecule has 0 unspecified atom stereocenters. The van der Waals surface area contributed by atoms with Crippen LogP contribution in [0.2, 0.25) is 0 Å². The number of aromatic nitrogens is 4. The molecule has 3 aromatic rings. The van der Waals surface area contributed by atoms with E-state index in [1.54, 1.807) is 12.3 Å². The second-order valence-electron chi connectivity index (χ2n) is 8.01. The number of fused-ring (bicyclic) bond motifs is 1. The first-order valence-electron chi connectivity index (χ1n) is 10.2. The normalized spacial score (nSPS) is 17.8. The predicted molar refractivity (Wildman–Crippen MR) is 104 cm³/mol. The maximum atomic E-state index is 14.0. The van der Waals surface area contributed by atoms with Gasteiger partial charge in [-0.2, -0.15) is 13.2 Å². The van der Waals surface area contributed by atoms with Crippen LogP contribution in [0.25, 0.3) is 16.8 Å². The number of rotatable bonds is 4. The number of hydrogen-bond acceptors (Lipinski definition) is 4. The minimum atomic E-state index is -4.53. The summed E-state index contributed by atoms with van der Waals surface area (Å²) in [6.45, 7) is 1.88. The van der Waals surface area contributed by atoms with Gasteiger partial charge in [-0.05, 0) is 56.2 Å². The van der Waals surface area contributed by atoms with Gasteiger partial charge in [-0.3, -0.25) is 4.40 Å². The van der Waals surface area contributed by atoms with Crippen molar-refractivity contribution >= 4 is 11.5 Å². The molecular weight excluding hydrogens is 379 g/mol. The molecule has 5 rings (SSSR count). The number of hydrogen-bond donors (Lipinski definition) is 0. The zero-order valence-electron chi connectivity index (χ0n) is 16.0. The zero-order valence-corrected chi connectivity index (χ0v) is 16.0. The summed E-state index contributed by atoms with van der Waals surface area (Å²) < 4.78 is 43.5. The number of anilines is 1. The van der Waals surface area contributed by atoms with Crippen molar-refractivity contribution in [2.75, 3.05) is 18.0 Å². The average Bonchev–Trinajstić information content (AvgIpc) is 3.46. The Balaban J connectivity index is 1.55. The molecule has 5 nitrogen and oxygen atoms in total. The Kier molecular flexibility index (Phi) is 4.44. The fourth-order valence-electron chi connectivity index (χ4n) is 4.10. The number of halogens is 3. The van der Waals surface area contributed by atoms with E-state index in [2.05, 4.69) is 20.1 Å². The second-order valence-corrected chi connectivity index (χ2v) is 8.01. The van der Waals surface area contributed by atoms with Gasteiger partial charge in [0.05, 0.1) is 0 Å². The molecule has 152 valence electrons. The third-order valence-electron chi connectivity index (χ3n) is 5.84. The van der Waals surface area contributed by atoms with E-state index < -0.39 is 11.7 Å². The first-order valence-corrected chi connectivity index (χ1v) is 10.2. The Morgan fingerprint density at radius 2 is 1.79 bits per heavy atom. The van der Waals surface area contributed by atoms with Gasteiger partial charge in [0, 0.05) is 43.0 Å². The largest absolute Gasteiger partial charge is 0.420 e. The average molecular weight is 401 g/mol. The first kappa shape index (κ1) is 18.4. The van der Waals surface area contributed by atoms with Crippen molar-refractivity contribution in [3.8, 4) is 11.1 Å². The lowest BCUT2D eigenvalue weighted by Gasteiger charge is -2.27. The van der Waals surface area contributed by atoms with E-state index >= 15 is 0 Å².